The van der Waals surface area contributed by atoms with Gasteiger partial charge >= 0.3 is 0 Å². The molecule has 2 rings (SSSR count). The summed E-state index contributed by atoms with van der Waals surface area (Å²) < 4.78 is 15.2. The van der Waals surface area contributed by atoms with E-state index in [4.69, 9.17) is 0 Å². The van der Waals surface area contributed by atoms with E-state index in [1.807, 2.05) is 12.3 Å². The molecule has 1 unspecified atom stereocenters. The molecule has 0 aliphatic carbocycles. The van der Waals surface area contributed by atoms with Gasteiger partial charge in [-0.05, 0) is 37.2 Å². The Balaban J connectivity index is 2.17. The standard InChI is InChI=1S/C14H18FN3/c1-3-17-11(2)14-5-4-6-18(14)10-12-7-13(15)9-16-8-12/h4-9,11,17H,3,10H2,1-2H3. The lowest BCUT2D eigenvalue weighted by Gasteiger charge is -2.16. The minimum Gasteiger partial charge on any atom is -0.346 e. The normalized spacial score (nSPS) is 12.6. The van der Waals surface area contributed by atoms with Crippen LogP contribution in [0.2, 0.25) is 0 Å². The molecule has 0 bridgehead atoms. The first-order valence-electron chi connectivity index (χ1n) is 6.18. The number of hydrogen-bond donors (Lipinski definition) is 1. The van der Waals surface area contributed by atoms with E-state index in [0.29, 0.717) is 6.54 Å². The van der Waals surface area contributed by atoms with Crippen molar-refractivity contribution in [1.82, 2.24) is 14.9 Å². The molecule has 4 heteroatoms. The molecule has 0 saturated carbocycles. The third-order valence-electron chi connectivity index (χ3n) is 2.93. The van der Waals surface area contributed by atoms with Crippen LogP contribution in [-0.2, 0) is 6.54 Å². The average molecular weight is 247 g/mol. The number of rotatable bonds is 5. The lowest BCUT2D eigenvalue weighted by Crippen LogP contribution is -2.20. The lowest BCUT2D eigenvalue weighted by atomic mass is 10.2. The van der Waals surface area contributed by atoms with Crippen molar-refractivity contribution in [3.05, 3.63) is 53.9 Å². The van der Waals surface area contributed by atoms with E-state index in [2.05, 4.69) is 34.8 Å². The largest absolute Gasteiger partial charge is 0.346 e. The highest BCUT2D eigenvalue weighted by atomic mass is 19.1. The molecule has 96 valence electrons. The molecule has 0 aromatic carbocycles. The van der Waals surface area contributed by atoms with Crippen LogP contribution < -0.4 is 5.32 Å². The number of halogens is 1. The predicted octanol–water partition coefficient (Wildman–Crippen LogP) is 2.74. The van der Waals surface area contributed by atoms with Gasteiger partial charge in [-0.15, -0.1) is 0 Å². The maximum absolute atomic E-state index is 13.1. The first-order valence-corrected chi connectivity index (χ1v) is 6.18. The topological polar surface area (TPSA) is 29.9 Å². The molecular weight excluding hydrogens is 229 g/mol. The number of pyridine rings is 1. The Morgan fingerprint density at radius 3 is 3.00 bits per heavy atom. The van der Waals surface area contributed by atoms with Crippen molar-refractivity contribution in [2.75, 3.05) is 6.54 Å². The maximum atomic E-state index is 13.1. The van der Waals surface area contributed by atoms with Crippen molar-refractivity contribution in [1.29, 1.82) is 0 Å². The number of nitrogens with zero attached hydrogens (tertiary/aromatic N) is 2. The van der Waals surface area contributed by atoms with E-state index in [9.17, 15) is 4.39 Å². The summed E-state index contributed by atoms with van der Waals surface area (Å²) in [5.74, 6) is -0.291. The van der Waals surface area contributed by atoms with Gasteiger partial charge in [-0.25, -0.2) is 4.39 Å². The van der Waals surface area contributed by atoms with Gasteiger partial charge < -0.3 is 9.88 Å². The quantitative estimate of drug-likeness (QED) is 0.880. The van der Waals surface area contributed by atoms with E-state index < -0.39 is 0 Å². The molecule has 2 aromatic rings. The molecule has 0 spiro atoms. The molecule has 0 aliphatic rings. The summed E-state index contributed by atoms with van der Waals surface area (Å²) in [5.41, 5.74) is 2.07. The first kappa shape index (κ1) is 12.8. The van der Waals surface area contributed by atoms with Crippen LogP contribution in [0.5, 0.6) is 0 Å². The minimum atomic E-state index is -0.291. The van der Waals surface area contributed by atoms with Crippen LogP contribution in [0, 0.1) is 5.82 Å². The zero-order valence-electron chi connectivity index (χ0n) is 10.7. The molecular formula is C14H18FN3. The first-order chi connectivity index (χ1) is 8.70. The van der Waals surface area contributed by atoms with Crippen LogP contribution in [0.3, 0.4) is 0 Å². The molecule has 2 aromatic heterocycles. The van der Waals surface area contributed by atoms with Gasteiger partial charge in [0.1, 0.15) is 5.82 Å². The lowest BCUT2D eigenvalue weighted by molar-refractivity contribution is 0.552. The molecule has 1 atom stereocenters. The second-order valence-corrected chi connectivity index (χ2v) is 4.35. The Labute approximate surface area is 107 Å². The van der Waals surface area contributed by atoms with Crippen LogP contribution in [0.25, 0.3) is 0 Å². The van der Waals surface area contributed by atoms with E-state index >= 15 is 0 Å². The van der Waals surface area contributed by atoms with Crippen LogP contribution in [-0.4, -0.2) is 16.1 Å². The van der Waals surface area contributed by atoms with Gasteiger partial charge in [0.15, 0.2) is 0 Å². The van der Waals surface area contributed by atoms with Gasteiger partial charge in [0.25, 0.3) is 0 Å². The zero-order valence-corrected chi connectivity index (χ0v) is 10.7. The Bertz CT molecular complexity index is 507. The summed E-state index contributed by atoms with van der Waals surface area (Å²) in [4.78, 5) is 3.87. The molecule has 0 fully saturated rings. The van der Waals surface area contributed by atoms with Crippen LogP contribution in [0.15, 0.2) is 36.8 Å². The monoisotopic (exact) mass is 247 g/mol. The fourth-order valence-electron chi connectivity index (χ4n) is 2.11. The second-order valence-electron chi connectivity index (χ2n) is 4.35. The molecule has 0 saturated heterocycles. The van der Waals surface area contributed by atoms with Gasteiger partial charge in [-0.2, -0.15) is 0 Å². The highest BCUT2D eigenvalue weighted by molar-refractivity contribution is 5.16. The zero-order chi connectivity index (χ0) is 13.0. The van der Waals surface area contributed by atoms with E-state index in [0.717, 1.165) is 12.1 Å². The van der Waals surface area contributed by atoms with E-state index in [1.165, 1.54) is 18.0 Å². The average Bonchev–Trinajstić information content (AvgIpc) is 2.77. The maximum Gasteiger partial charge on any atom is 0.141 e. The van der Waals surface area contributed by atoms with Crippen LogP contribution >= 0.6 is 0 Å². The summed E-state index contributed by atoms with van der Waals surface area (Å²) in [6, 6.07) is 5.90. The van der Waals surface area contributed by atoms with Gasteiger partial charge in [-0.3, -0.25) is 4.98 Å². The molecule has 0 aliphatic heterocycles. The Morgan fingerprint density at radius 1 is 1.44 bits per heavy atom. The second kappa shape index (κ2) is 5.78. The number of hydrogen-bond acceptors (Lipinski definition) is 2. The summed E-state index contributed by atoms with van der Waals surface area (Å²) in [7, 11) is 0. The SMILES string of the molecule is CCNC(C)c1cccn1Cc1cncc(F)c1. The van der Waals surface area contributed by atoms with Gasteiger partial charge in [0.2, 0.25) is 0 Å². The van der Waals surface area contributed by atoms with Crippen LogP contribution in [0.4, 0.5) is 4.39 Å². The fourth-order valence-corrected chi connectivity index (χ4v) is 2.11. The third kappa shape index (κ3) is 2.96. The van der Waals surface area contributed by atoms with Gasteiger partial charge in [-0.1, -0.05) is 6.92 Å². The van der Waals surface area contributed by atoms with Crippen molar-refractivity contribution in [3.8, 4) is 0 Å². The highest BCUT2D eigenvalue weighted by Gasteiger charge is 2.09. The van der Waals surface area contributed by atoms with Gasteiger partial charge in [0, 0.05) is 30.7 Å². The Hall–Kier alpha value is -1.68. The predicted molar refractivity (Wildman–Crippen MR) is 69.8 cm³/mol. The van der Waals surface area contributed by atoms with Gasteiger partial charge in [0.05, 0.1) is 6.20 Å². The Morgan fingerprint density at radius 2 is 2.28 bits per heavy atom. The third-order valence-corrected chi connectivity index (χ3v) is 2.93. The number of aromatic nitrogens is 2. The summed E-state index contributed by atoms with van der Waals surface area (Å²) in [5, 5.41) is 3.37. The molecule has 1 N–H and O–H groups in total. The molecule has 3 nitrogen and oxygen atoms in total. The molecule has 2 heterocycles. The van der Waals surface area contributed by atoms with Crippen molar-refractivity contribution in [2.45, 2.75) is 26.4 Å². The van der Waals surface area contributed by atoms with Crippen molar-refractivity contribution >= 4 is 0 Å². The Kier molecular flexibility index (Phi) is 4.10. The van der Waals surface area contributed by atoms with E-state index in [1.54, 1.807) is 6.20 Å². The summed E-state index contributed by atoms with van der Waals surface area (Å²) in [6.45, 7) is 5.77. The molecule has 18 heavy (non-hydrogen) atoms. The smallest absolute Gasteiger partial charge is 0.141 e. The van der Waals surface area contributed by atoms with E-state index in [-0.39, 0.29) is 11.9 Å². The summed E-state index contributed by atoms with van der Waals surface area (Å²) >= 11 is 0. The van der Waals surface area contributed by atoms with Crippen molar-refractivity contribution in [3.63, 3.8) is 0 Å². The minimum absolute atomic E-state index is 0.284. The van der Waals surface area contributed by atoms with Crippen molar-refractivity contribution in [2.24, 2.45) is 0 Å². The van der Waals surface area contributed by atoms with Crippen LogP contribution in [0.1, 0.15) is 31.1 Å². The molecule has 0 amide bonds. The van der Waals surface area contributed by atoms with Crippen molar-refractivity contribution < 1.29 is 4.39 Å². The fraction of sp³-hybridized carbons (Fsp3) is 0.357. The highest BCUT2D eigenvalue weighted by Crippen LogP contribution is 2.15. The summed E-state index contributed by atoms with van der Waals surface area (Å²) in [6.07, 6.45) is 4.93. The number of nitrogens with one attached hydrogen (secondary N) is 1. The molecule has 0 radical (unpaired) electrons.